The Morgan fingerprint density at radius 3 is 2.00 bits per heavy atom. The molecule has 0 radical (unpaired) electrons. The Morgan fingerprint density at radius 2 is 1.43 bits per heavy atom. The molecule has 1 fully saturated rings. The van der Waals surface area contributed by atoms with Crippen LogP contribution in [-0.4, -0.2) is 96.2 Å². The van der Waals surface area contributed by atoms with Gasteiger partial charge in [-0.25, -0.2) is 18.8 Å². The first kappa shape index (κ1) is 53.0. The molecule has 1 aliphatic heterocycles. The van der Waals surface area contributed by atoms with Gasteiger partial charge in [-0.1, -0.05) is 72.8 Å². The molecule has 68 heavy (non-hydrogen) atoms. The molecule has 4 N–H and O–H groups in total. The summed E-state index contributed by atoms with van der Waals surface area (Å²) in [4.78, 5) is 67.2. The second-order valence-electron chi connectivity index (χ2n) is 18.2. The number of hydrogen-bond acceptors (Lipinski definition) is 11. The van der Waals surface area contributed by atoms with Gasteiger partial charge in [0.2, 0.25) is 11.8 Å². The number of likely N-dealkylation sites (N-methyl/N-ethyl adjacent to an activating group) is 1. The molecule has 1 aliphatic rings. The third-order valence-corrected chi connectivity index (χ3v) is 11.9. The predicted molar refractivity (Wildman–Crippen MR) is 260 cm³/mol. The molecule has 5 rings (SSSR count). The summed E-state index contributed by atoms with van der Waals surface area (Å²) in [5.41, 5.74) is -0.0352. The highest BCUT2D eigenvalue weighted by molar-refractivity contribution is 14.1. The van der Waals surface area contributed by atoms with Crippen LogP contribution in [0.1, 0.15) is 83.7 Å². The van der Waals surface area contributed by atoms with E-state index in [1.54, 1.807) is 63.2 Å². The fraction of sp³-hybridized carbons (Fsp3) is 0.408. The van der Waals surface area contributed by atoms with E-state index in [0.29, 0.717) is 20.4 Å². The predicted octanol–water partition coefficient (Wildman–Crippen LogP) is 6.84. The molecule has 0 aromatic heterocycles. The van der Waals surface area contributed by atoms with E-state index >= 15 is 4.39 Å². The highest BCUT2D eigenvalue weighted by atomic mass is 127. The van der Waals surface area contributed by atoms with Crippen molar-refractivity contribution in [1.82, 2.24) is 20.9 Å². The number of aliphatic carboxylic acids is 1. The third-order valence-electron chi connectivity index (χ3n) is 11.1. The molecule has 0 spiro atoms. The summed E-state index contributed by atoms with van der Waals surface area (Å²) in [7, 11) is 0.298. The molecule has 0 unspecified atom stereocenters. The van der Waals surface area contributed by atoms with Crippen LogP contribution in [0, 0.1) is 9.39 Å². The zero-order chi connectivity index (χ0) is 50.0. The number of halogens is 2. The van der Waals surface area contributed by atoms with Gasteiger partial charge < -0.3 is 49.3 Å². The quantitative estimate of drug-likeness (QED) is 0.0434. The fourth-order valence-corrected chi connectivity index (χ4v) is 7.51. The van der Waals surface area contributed by atoms with Crippen LogP contribution in [0.15, 0.2) is 91.0 Å². The van der Waals surface area contributed by atoms with Crippen LogP contribution in [0.2, 0.25) is 0 Å². The van der Waals surface area contributed by atoms with Crippen molar-refractivity contribution in [2.75, 3.05) is 20.2 Å². The van der Waals surface area contributed by atoms with Crippen molar-refractivity contribution in [2.24, 2.45) is 0 Å². The Labute approximate surface area is 410 Å². The molecular weight excluding hydrogens is 993 g/mol. The van der Waals surface area contributed by atoms with E-state index < -0.39 is 77.8 Å². The van der Waals surface area contributed by atoms with Gasteiger partial charge in [0.05, 0.1) is 21.3 Å². The number of ether oxygens (including phenoxy) is 4. The number of alkyl carbamates (subject to hydrolysis) is 1. The van der Waals surface area contributed by atoms with Crippen molar-refractivity contribution >= 4 is 65.1 Å². The summed E-state index contributed by atoms with van der Waals surface area (Å²) in [6.07, 6.45) is -1.81. The number of carboxylic acid groups (broad SMARTS) is 1. The van der Waals surface area contributed by atoms with Gasteiger partial charge in [0.1, 0.15) is 49.3 Å². The molecule has 0 bridgehead atoms. The highest BCUT2D eigenvalue weighted by Crippen LogP contribution is 2.38. The van der Waals surface area contributed by atoms with E-state index in [1.165, 1.54) is 20.0 Å². The SMILES string of the molecule is C[C@H](NC(=O)[C@H](c1ccc(OCCNC(=O)OC(C)(C)C)c(I)c1)N(C)C(=O)OCc1ccccc1)C(=O)N[C@@H](Cc1cc(F)c(OCc2ccccc2)c(B2OC(C)(C)C(C)(C)O2)c1)C(=O)O. The van der Waals surface area contributed by atoms with E-state index in [-0.39, 0.29) is 49.6 Å². The van der Waals surface area contributed by atoms with Crippen LogP contribution >= 0.6 is 22.6 Å². The normalized spacial score (nSPS) is 15.2. The molecule has 4 aromatic carbocycles. The summed E-state index contributed by atoms with van der Waals surface area (Å²) in [5.74, 6) is -3.57. The van der Waals surface area contributed by atoms with Gasteiger partial charge in [0, 0.05) is 18.9 Å². The first-order chi connectivity index (χ1) is 31.9. The molecule has 0 aliphatic carbocycles. The maximum atomic E-state index is 16.1. The second-order valence-corrected chi connectivity index (χ2v) is 19.4. The van der Waals surface area contributed by atoms with Gasteiger partial charge in [-0.05, 0) is 118 Å². The Kier molecular flexibility index (Phi) is 17.9. The van der Waals surface area contributed by atoms with E-state index in [4.69, 9.17) is 28.3 Å². The van der Waals surface area contributed by atoms with Crippen molar-refractivity contribution in [2.45, 2.75) is 110 Å². The van der Waals surface area contributed by atoms with Gasteiger partial charge in [0.25, 0.3) is 0 Å². The van der Waals surface area contributed by atoms with Gasteiger partial charge in [-0.2, -0.15) is 0 Å². The molecule has 4 amide bonds. The fourth-order valence-electron chi connectivity index (χ4n) is 6.82. The smallest absolute Gasteiger partial charge is 0.491 e. The number of amides is 4. The van der Waals surface area contributed by atoms with Crippen LogP contribution in [0.3, 0.4) is 0 Å². The summed E-state index contributed by atoms with van der Waals surface area (Å²) >= 11 is 2.01. The number of carbonyl (C=O) groups is 5. The van der Waals surface area contributed by atoms with Crippen LogP contribution in [-0.2, 0) is 52.8 Å². The van der Waals surface area contributed by atoms with Gasteiger partial charge in [0.15, 0.2) is 11.6 Å². The van der Waals surface area contributed by atoms with E-state index in [1.807, 2.05) is 86.7 Å². The monoisotopic (exact) mass is 1050 g/mol. The number of nitrogens with one attached hydrogen (secondary N) is 3. The van der Waals surface area contributed by atoms with E-state index in [0.717, 1.165) is 16.5 Å². The lowest BCUT2D eigenvalue weighted by Gasteiger charge is -2.32. The molecule has 19 heteroatoms. The number of benzene rings is 4. The zero-order valence-electron chi connectivity index (χ0n) is 39.6. The van der Waals surface area contributed by atoms with Crippen LogP contribution < -0.4 is 30.9 Å². The Morgan fingerprint density at radius 1 is 0.824 bits per heavy atom. The lowest BCUT2D eigenvalue weighted by molar-refractivity contribution is -0.142. The summed E-state index contributed by atoms with van der Waals surface area (Å²) in [6, 6.07) is 21.3. The van der Waals surface area contributed by atoms with Crippen LogP contribution in [0.25, 0.3) is 0 Å². The molecular formula is C49H59BFIN4O12. The minimum Gasteiger partial charge on any atom is -0.491 e. The number of rotatable bonds is 19. The van der Waals surface area contributed by atoms with Crippen molar-refractivity contribution in [3.63, 3.8) is 0 Å². The number of carboxylic acids is 1. The third kappa shape index (κ3) is 14.5. The van der Waals surface area contributed by atoms with Gasteiger partial charge in [-0.3, -0.25) is 14.5 Å². The molecule has 3 atom stereocenters. The van der Waals surface area contributed by atoms with Crippen molar-refractivity contribution < 1.29 is 61.7 Å². The first-order valence-electron chi connectivity index (χ1n) is 22.0. The summed E-state index contributed by atoms with van der Waals surface area (Å²) in [6.45, 7) is 14.2. The maximum absolute atomic E-state index is 16.1. The van der Waals surface area contributed by atoms with Gasteiger partial charge >= 0.3 is 25.3 Å². The zero-order valence-corrected chi connectivity index (χ0v) is 41.8. The Bertz CT molecular complexity index is 2410. The van der Waals surface area contributed by atoms with Crippen molar-refractivity contribution in [1.29, 1.82) is 0 Å². The highest BCUT2D eigenvalue weighted by Gasteiger charge is 2.53. The van der Waals surface area contributed by atoms with Crippen molar-refractivity contribution in [3.8, 4) is 11.5 Å². The lowest BCUT2D eigenvalue weighted by atomic mass is 9.77. The molecule has 0 saturated carbocycles. The average molecular weight is 1050 g/mol. The molecule has 4 aromatic rings. The van der Waals surface area contributed by atoms with Crippen LogP contribution in [0.4, 0.5) is 14.0 Å². The number of hydrogen-bond donors (Lipinski definition) is 4. The van der Waals surface area contributed by atoms with E-state index in [2.05, 4.69) is 16.0 Å². The molecule has 364 valence electrons. The number of carbonyl (C=O) groups excluding carboxylic acids is 4. The largest absolute Gasteiger partial charge is 0.498 e. The molecule has 1 heterocycles. The van der Waals surface area contributed by atoms with Crippen LogP contribution in [0.5, 0.6) is 11.5 Å². The second kappa shape index (κ2) is 22.9. The Balaban J connectivity index is 1.32. The number of nitrogens with zero attached hydrogens (tertiary/aromatic N) is 1. The van der Waals surface area contributed by atoms with Crippen molar-refractivity contribution in [3.05, 3.63) is 123 Å². The molecule has 1 saturated heterocycles. The topological polar surface area (TPSA) is 200 Å². The maximum Gasteiger partial charge on any atom is 0.498 e. The minimum atomic E-state index is -1.58. The summed E-state index contributed by atoms with van der Waals surface area (Å²) < 4.78 is 51.9. The van der Waals surface area contributed by atoms with E-state index in [9.17, 15) is 29.1 Å². The average Bonchev–Trinajstić information content (AvgIpc) is 3.49. The lowest BCUT2D eigenvalue weighted by Crippen LogP contribution is -2.53. The Hall–Kier alpha value is -5.93. The summed E-state index contributed by atoms with van der Waals surface area (Å²) in [5, 5.41) is 18.0. The minimum absolute atomic E-state index is 0.0299. The molecule has 16 nitrogen and oxygen atoms in total. The van der Waals surface area contributed by atoms with Gasteiger partial charge in [-0.15, -0.1) is 0 Å². The first-order valence-corrected chi connectivity index (χ1v) is 23.0. The standard InChI is InChI=1S/C49H59BFIN4O12/c1-30(42(57)55-38(44(59)60)26-33-24-35(50-67-48(5,6)49(7,8)68-50)41(36(51)25-33)64-28-31-16-12-10-13-17-31)54-43(58)40(56(9)46(62)65-29-32-18-14-11-15-19-32)34-20-21-39(37(52)27-34)63-23-22-53-45(61)66-47(2,3)4/h10-21,24-25,27,30,38,40H,22-23,26,28-29H2,1-9H3,(H,53,61)(H,54,58)(H,55,57)(H,59,60)/t30-,38-,40-/m0/s1.